The van der Waals surface area contributed by atoms with Gasteiger partial charge < -0.3 is 0 Å². The number of rotatable bonds is 14. The zero-order valence-electron chi connectivity index (χ0n) is 74.7. The van der Waals surface area contributed by atoms with E-state index in [-0.39, 0.29) is 5.41 Å². The molecule has 0 aliphatic heterocycles. The molecule has 0 bridgehead atoms. The second kappa shape index (κ2) is 39.3. The molecule has 0 fully saturated rings. The molecule has 0 saturated carbocycles. The van der Waals surface area contributed by atoms with Gasteiger partial charge in [-0.3, -0.25) is 0 Å². The molecule has 598 valence electrons. The summed E-state index contributed by atoms with van der Waals surface area (Å²) in [7, 11) is 10.6. The Hall–Kier alpha value is -12.1. The van der Waals surface area contributed by atoms with Gasteiger partial charge in [-0.2, -0.15) is 0 Å². The molecular weight excluding hydrogens is 1430 g/mol. The first-order chi connectivity index (χ1) is 56.4. The van der Waals surface area contributed by atoms with Crippen LogP contribution in [0.3, 0.4) is 0 Å². The molecule has 118 heavy (non-hydrogen) atoms. The van der Waals surface area contributed by atoms with Crippen molar-refractivity contribution < 1.29 is 22.8 Å². The van der Waals surface area contributed by atoms with E-state index in [1.165, 1.54) is 190 Å². The van der Waals surface area contributed by atoms with E-state index in [4.69, 9.17) is 0 Å². The first-order valence-corrected chi connectivity index (χ1v) is 42.1. The molecule has 0 N–H and O–H groups in total. The van der Waals surface area contributed by atoms with E-state index in [9.17, 15) is 0 Å². The van der Waals surface area contributed by atoms with Crippen molar-refractivity contribution in [3.8, 4) is 112 Å². The van der Waals surface area contributed by atoms with Crippen LogP contribution in [-0.2, 0) is 48.1 Å². The largest absolute Gasteiger partial charge is 0.212 e. The lowest BCUT2D eigenvalue weighted by Gasteiger charge is -2.18. The van der Waals surface area contributed by atoms with Gasteiger partial charge in [-0.05, 0) is 276 Å². The maximum atomic E-state index is 2.36. The standard InChI is InChI=1S/C25H30N.C24H28N.C23H26N.C21H22N.C20H20N/c1-18-14-19(2)23(16-22(18)21-10-8-7-9-11-21)24-15-20(12-13-26(24)6)17-25(3,4)5;1-17(2)13-20-11-12-25(5)24(15-20)23-16-22(18(3)14-19(23)4)21-9-7-6-8-10-21;1-16(2)20-11-12-24(5)23(14-20)22-15-21(17(3)13-18(22)4)19-9-7-6-8-10-19;1-15-10-11-22(4)21(12-15)20-14-19(16(2)13-17(20)3)18-8-6-5-7-9-18;1-15-13-16(2)19(20-11-7-8-12-21(20)3)14-18(15)17-9-5-4-6-10-17/h7-16H,17H2,1-6H3;6-12,14-17H,13H2,1-5H3;6-16H,1-5H3;5-14H,1-4H3;4-14H,1-3H3/q5*+1. The minimum Gasteiger partial charge on any atom is -0.201 e. The van der Waals surface area contributed by atoms with Crippen molar-refractivity contribution in [2.75, 3.05) is 0 Å². The summed E-state index contributed by atoms with van der Waals surface area (Å²) in [4.78, 5) is 0. The second-order valence-electron chi connectivity index (χ2n) is 34.6. The van der Waals surface area contributed by atoms with Crippen molar-refractivity contribution in [3.05, 3.63) is 388 Å². The first-order valence-electron chi connectivity index (χ1n) is 42.1. The maximum absolute atomic E-state index is 2.36. The molecule has 0 atom stereocenters. The van der Waals surface area contributed by atoms with Gasteiger partial charge in [0, 0.05) is 88.5 Å². The average molecular weight is 1550 g/mol. The van der Waals surface area contributed by atoms with E-state index in [2.05, 4.69) is 493 Å². The van der Waals surface area contributed by atoms with Gasteiger partial charge >= 0.3 is 0 Å². The predicted molar refractivity (Wildman–Crippen MR) is 500 cm³/mol. The Balaban J connectivity index is 0.000000145. The van der Waals surface area contributed by atoms with Gasteiger partial charge in [0.1, 0.15) is 35.2 Å². The molecule has 5 heterocycles. The van der Waals surface area contributed by atoms with Crippen LogP contribution < -0.4 is 22.8 Å². The Morgan fingerprint density at radius 2 is 0.500 bits per heavy atom. The number of pyridine rings is 5. The highest BCUT2D eigenvalue weighted by Gasteiger charge is 2.24. The molecule has 0 amide bonds. The zero-order valence-corrected chi connectivity index (χ0v) is 74.7. The van der Waals surface area contributed by atoms with E-state index in [1.807, 2.05) is 0 Å². The number of nitrogens with zero attached hydrogens (tertiary/aromatic N) is 5. The Kier molecular flexibility index (Phi) is 28.9. The molecule has 0 saturated heterocycles. The van der Waals surface area contributed by atoms with Crippen molar-refractivity contribution >= 4 is 0 Å². The van der Waals surface area contributed by atoms with Gasteiger partial charge in [-0.25, -0.2) is 22.8 Å². The van der Waals surface area contributed by atoms with Crippen molar-refractivity contribution in [2.45, 2.75) is 143 Å². The van der Waals surface area contributed by atoms with Crippen LogP contribution in [-0.4, -0.2) is 0 Å². The Bertz CT molecular complexity index is 5950. The number of benzene rings is 10. The minimum absolute atomic E-state index is 0.286. The van der Waals surface area contributed by atoms with Gasteiger partial charge in [0.2, 0.25) is 28.5 Å². The smallest absolute Gasteiger partial charge is 0.201 e. The SMILES string of the molecule is Cc1cc(C)c(-c2cc(C(C)C)cc[n+]2C)cc1-c1ccccc1.Cc1cc(C)c(-c2cc(CC(C)(C)C)cc[n+]2C)cc1-c1ccccc1.Cc1cc(C)c(-c2cc(CC(C)C)cc[n+]2C)cc1-c1ccccc1.Cc1cc(C)c(-c2cccc[n+]2C)cc1-c1ccccc1.Cc1cc[n+](C)c(-c2cc(-c3ccccc3)c(C)cc2C)c1. The van der Waals surface area contributed by atoms with Crippen LogP contribution in [0.4, 0.5) is 0 Å². The number of hydrogen-bond acceptors (Lipinski definition) is 0. The van der Waals surface area contributed by atoms with Crippen LogP contribution in [0.25, 0.3) is 112 Å². The quantitative estimate of drug-likeness (QED) is 0.0967. The van der Waals surface area contributed by atoms with Gasteiger partial charge in [0.05, 0.1) is 0 Å². The molecule has 15 aromatic rings. The highest BCUT2D eigenvalue weighted by atomic mass is 14.9. The second-order valence-corrected chi connectivity index (χ2v) is 34.6. The summed E-state index contributed by atoms with van der Waals surface area (Å²) in [6.07, 6.45) is 13.0. The summed E-state index contributed by atoms with van der Waals surface area (Å²) in [5, 5.41) is 0. The van der Waals surface area contributed by atoms with E-state index in [0.717, 1.165) is 12.8 Å². The number of aromatic nitrogens is 5. The number of hydrogen-bond donors (Lipinski definition) is 0. The van der Waals surface area contributed by atoms with Crippen LogP contribution in [0.15, 0.2) is 310 Å². The summed E-state index contributed by atoms with van der Waals surface area (Å²) < 4.78 is 11.1. The van der Waals surface area contributed by atoms with Gasteiger partial charge in [0.25, 0.3) is 0 Å². The van der Waals surface area contributed by atoms with E-state index in [0.29, 0.717) is 11.8 Å². The van der Waals surface area contributed by atoms with Crippen LogP contribution in [0, 0.1) is 87.5 Å². The van der Waals surface area contributed by atoms with E-state index < -0.39 is 0 Å². The molecule has 5 heteroatoms. The lowest BCUT2D eigenvalue weighted by molar-refractivity contribution is -0.660. The van der Waals surface area contributed by atoms with Crippen LogP contribution in [0.5, 0.6) is 0 Å². The molecule has 0 unspecified atom stereocenters. The molecule has 15 rings (SSSR count). The Morgan fingerprint density at radius 1 is 0.237 bits per heavy atom. The van der Waals surface area contributed by atoms with Gasteiger partial charge in [-0.1, -0.05) is 230 Å². The lowest BCUT2D eigenvalue weighted by atomic mass is 9.87. The van der Waals surface area contributed by atoms with Crippen molar-refractivity contribution in [1.82, 2.24) is 0 Å². The molecular formula is C113H126N5+5. The van der Waals surface area contributed by atoms with Crippen molar-refractivity contribution in [1.29, 1.82) is 0 Å². The lowest BCUT2D eigenvalue weighted by Crippen LogP contribution is -2.31. The summed E-state index contributed by atoms with van der Waals surface area (Å²) in [6.45, 7) is 40.1. The number of aryl methyl sites for hydroxylation is 16. The summed E-state index contributed by atoms with van der Waals surface area (Å²) in [6, 6.07) is 101. The summed E-state index contributed by atoms with van der Waals surface area (Å²) in [5.41, 5.74) is 44.8. The Morgan fingerprint density at radius 3 is 0.814 bits per heavy atom. The molecule has 5 nitrogen and oxygen atoms in total. The zero-order chi connectivity index (χ0) is 84.6. The monoisotopic (exact) mass is 1550 g/mol. The van der Waals surface area contributed by atoms with Gasteiger partial charge in [0.15, 0.2) is 31.0 Å². The summed E-state index contributed by atoms with van der Waals surface area (Å²) >= 11 is 0. The van der Waals surface area contributed by atoms with Crippen molar-refractivity contribution in [3.63, 3.8) is 0 Å². The molecule has 0 aliphatic rings. The fourth-order valence-electron chi connectivity index (χ4n) is 16.3. The third kappa shape index (κ3) is 22.0. The van der Waals surface area contributed by atoms with Crippen LogP contribution >= 0.6 is 0 Å². The fraction of sp³-hybridized carbons (Fsp3) is 0.248. The van der Waals surface area contributed by atoms with E-state index >= 15 is 0 Å². The van der Waals surface area contributed by atoms with Crippen LogP contribution in [0.2, 0.25) is 0 Å². The third-order valence-corrected chi connectivity index (χ3v) is 22.7. The van der Waals surface area contributed by atoms with Crippen molar-refractivity contribution in [2.24, 2.45) is 46.6 Å². The topological polar surface area (TPSA) is 19.4 Å². The molecule has 0 radical (unpaired) electrons. The first kappa shape index (κ1) is 86.8. The highest BCUT2D eigenvalue weighted by molar-refractivity contribution is 5.81. The molecule has 10 aromatic carbocycles. The normalized spacial score (nSPS) is 11.1. The summed E-state index contributed by atoms with van der Waals surface area (Å²) in [5.74, 6) is 1.20. The third-order valence-electron chi connectivity index (χ3n) is 22.7. The highest BCUT2D eigenvalue weighted by Crippen LogP contribution is 2.38. The fourth-order valence-corrected chi connectivity index (χ4v) is 16.3. The van der Waals surface area contributed by atoms with E-state index in [1.54, 1.807) is 0 Å². The van der Waals surface area contributed by atoms with Crippen LogP contribution in [0.1, 0.15) is 132 Å². The molecule has 5 aromatic heterocycles. The Labute approximate surface area is 708 Å². The predicted octanol–water partition coefficient (Wildman–Crippen LogP) is 26.5. The molecule has 0 aliphatic carbocycles. The maximum Gasteiger partial charge on any atom is 0.212 e. The minimum atomic E-state index is 0.286. The van der Waals surface area contributed by atoms with Gasteiger partial charge in [-0.15, -0.1) is 0 Å². The average Bonchev–Trinajstić information content (AvgIpc) is 0.804. The molecule has 0 spiro atoms.